The fraction of sp³-hybridized carbons (Fsp3) is 0.550. The number of nitrogens with one attached hydrogen (secondary N) is 2. The Hall–Kier alpha value is -2.15. The van der Waals surface area contributed by atoms with Gasteiger partial charge in [-0.05, 0) is 49.1 Å². The molecule has 2 N–H and O–H groups in total. The standard InChI is InChI=1S/C20H27N5OS/c26-20(24-18(15-6-1-2-7-15)17-9-4-13-27-17)23-16-8-3-12-25(14-16)19-21-10-5-11-22-19/h4-5,9-11,13,15-16,18H,1-3,6-8,12,14H2,(H2,23,24,26). The highest BCUT2D eigenvalue weighted by atomic mass is 32.1. The summed E-state index contributed by atoms with van der Waals surface area (Å²) in [5.41, 5.74) is 0. The first-order valence-electron chi connectivity index (χ1n) is 9.92. The number of aromatic nitrogens is 2. The van der Waals surface area contributed by atoms with E-state index in [1.165, 1.54) is 30.6 Å². The Kier molecular flexibility index (Phi) is 5.87. The van der Waals surface area contributed by atoms with Crippen LogP contribution in [0.2, 0.25) is 0 Å². The van der Waals surface area contributed by atoms with Gasteiger partial charge in [0.15, 0.2) is 0 Å². The molecule has 2 aliphatic rings. The highest BCUT2D eigenvalue weighted by Crippen LogP contribution is 2.37. The van der Waals surface area contributed by atoms with Crippen LogP contribution in [0.5, 0.6) is 0 Å². The predicted octanol–water partition coefficient (Wildman–Crippen LogP) is 3.74. The summed E-state index contributed by atoms with van der Waals surface area (Å²) in [6.45, 7) is 1.69. The van der Waals surface area contributed by atoms with Gasteiger partial charge in [-0.1, -0.05) is 18.9 Å². The van der Waals surface area contributed by atoms with E-state index in [1.807, 2.05) is 6.07 Å². The number of thiophene rings is 1. The molecule has 144 valence electrons. The summed E-state index contributed by atoms with van der Waals surface area (Å²) in [5.74, 6) is 1.29. The second-order valence-electron chi connectivity index (χ2n) is 7.49. The maximum Gasteiger partial charge on any atom is 0.315 e. The van der Waals surface area contributed by atoms with Crippen molar-refractivity contribution >= 4 is 23.3 Å². The summed E-state index contributed by atoms with van der Waals surface area (Å²) in [4.78, 5) is 24.8. The molecule has 27 heavy (non-hydrogen) atoms. The summed E-state index contributed by atoms with van der Waals surface area (Å²) < 4.78 is 0. The molecule has 2 aromatic heterocycles. The van der Waals surface area contributed by atoms with E-state index in [1.54, 1.807) is 23.7 Å². The Bertz CT molecular complexity index is 717. The van der Waals surface area contributed by atoms with E-state index in [-0.39, 0.29) is 18.1 Å². The molecular formula is C20H27N5OS. The van der Waals surface area contributed by atoms with Crippen LogP contribution in [-0.2, 0) is 0 Å². The number of amides is 2. The zero-order valence-electron chi connectivity index (χ0n) is 15.5. The fourth-order valence-electron chi connectivity index (χ4n) is 4.28. The maximum absolute atomic E-state index is 12.7. The van der Waals surface area contributed by atoms with Gasteiger partial charge in [-0.2, -0.15) is 0 Å². The van der Waals surface area contributed by atoms with Crippen LogP contribution in [-0.4, -0.2) is 35.1 Å². The second kappa shape index (κ2) is 8.69. The largest absolute Gasteiger partial charge is 0.339 e. The first kappa shape index (κ1) is 18.2. The van der Waals surface area contributed by atoms with Crippen molar-refractivity contribution in [2.24, 2.45) is 5.92 Å². The van der Waals surface area contributed by atoms with Crippen molar-refractivity contribution in [1.29, 1.82) is 0 Å². The lowest BCUT2D eigenvalue weighted by atomic mass is 9.97. The molecule has 1 aliphatic heterocycles. The van der Waals surface area contributed by atoms with Crippen LogP contribution in [0.25, 0.3) is 0 Å². The van der Waals surface area contributed by atoms with Crippen LogP contribution < -0.4 is 15.5 Å². The van der Waals surface area contributed by atoms with E-state index in [0.717, 1.165) is 31.9 Å². The van der Waals surface area contributed by atoms with E-state index in [4.69, 9.17) is 0 Å². The molecule has 2 aromatic rings. The second-order valence-corrected chi connectivity index (χ2v) is 8.47. The lowest BCUT2D eigenvalue weighted by Crippen LogP contribution is -2.51. The van der Waals surface area contributed by atoms with E-state index >= 15 is 0 Å². The van der Waals surface area contributed by atoms with E-state index in [0.29, 0.717) is 5.92 Å². The van der Waals surface area contributed by atoms with Crippen LogP contribution in [0.3, 0.4) is 0 Å². The van der Waals surface area contributed by atoms with Gasteiger partial charge in [0.1, 0.15) is 0 Å². The van der Waals surface area contributed by atoms with Gasteiger partial charge in [0, 0.05) is 36.4 Å². The van der Waals surface area contributed by atoms with Crippen molar-refractivity contribution in [3.05, 3.63) is 40.8 Å². The minimum Gasteiger partial charge on any atom is -0.339 e. The van der Waals surface area contributed by atoms with Crippen molar-refractivity contribution in [3.63, 3.8) is 0 Å². The Morgan fingerprint density at radius 1 is 1.15 bits per heavy atom. The minimum absolute atomic E-state index is 0.0545. The third-order valence-electron chi connectivity index (χ3n) is 5.60. The van der Waals surface area contributed by atoms with Crippen LogP contribution in [0, 0.1) is 5.92 Å². The van der Waals surface area contributed by atoms with Crippen LogP contribution in [0.1, 0.15) is 49.4 Å². The summed E-state index contributed by atoms with van der Waals surface area (Å²) in [6, 6.07) is 6.23. The lowest BCUT2D eigenvalue weighted by Gasteiger charge is -2.33. The summed E-state index contributed by atoms with van der Waals surface area (Å²) in [7, 11) is 0. The van der Waals surface area contributed by atoms with Gasteiger partial charge >= 0.3 is 6.03 Å². The van der Waals surface area contributed by atoms with Crippen molar-refractivity contribution in [2.75, 3.05) is 18.0 Å². The molecule has 2 amide bonds. The van der Waals surface area contributed by atoms with E-state index < -0.39 is 0 Å². The topological polar surface area (TPSA) is 70.2 Å². The van der Waals surface area contributed by atoms with Gasteiger partial charge in [-0.15, -0.1) is 11.3 Å². The van der Waals surface area contributed by atoms with Crippen LogP contribution in [0.15, 0.2) is 36.0 Å². The van der Waals surface area contributed by atoms with Crippen molar-refractivity contribution in [1.82, 2.24) is 20.6 Å². The molecule has 1 saturated carbocycles. The highest BCUT2D eigenvalue weighted by molar-refractivity contribution is 7.10. The number of piperidine rings is 1. The summed E-state index contributed by atoms with van der Waals surface area (Å²) in [5, 5.41) is 8.56. The number of hydrogen-bond acceptors (Lipinski definition) is 5. The minimum atomic E-state index is -0.0545. The molecular weight excluding hydrogens is 358 g/mol. The van der Waals surface area contributed by atoms with Gasteiger partial charge in [-0.25, -0.2) is 14.8 Å². The number of nitrogens with zero attached hydrogens (tertiary/aromatic N) is 3. The summed E-state index contributed by atoms with van der Waals surface area (Å²) >= 11 is 1.74. The molecule has 2 fully saturated rings. The molecule has 3 heterocycles. The number of carbonyl (C=O) groups excluding carboxylic acids is 1. The van der Waals surface area contributed by atoms with Gasteiger partial charge in [0.2, 0.25) is 5.95 Å². The van der Waals surface area contributed by atoms with E-state index in [2.05, 4.69) is 43.0 Å². The number of carbonyl (C=O) groups is 1. The number of urea groups is 1. The molecule has 0 aromatic carbocycles. The third-order valence-corrected chi connectivity index (χ3v) is 6.55. The molecule has 4 rings (SSSR count). The number of rotatable bonds is 5. The molecule has 2 atom stereocenters. The summed E-state index contributed by atoms with van der Waals surface area (Å²) in [6.07, 6.45) is 10.5. The molecule has 0 bridgehead atoms. The maximum atomic E-state index is 12.7. The Labute approximate surface area is 164 Å². The van der Waals surface area contributed by atoms with Crippen LogP contribution in [0.4, 0.5) is 10.7 Å². The Balaban J connectivity index is 1.36. The van der Waals surface area contributed by atoms with Gasteiger partial charge < -0.3 is 15.5 Å². The average Bonchev–Trinajstić information content (AvgIpc) is 3.41. The normalized spacial score (nSPS) is 21.8. The molecule has 0 radical (unpaired) electrons. The number of hydrogen-bond donors (Lipinski definition) is 2. The van der Waals surface area contributed by atoms with E-state index in [9.17, 15) is 4.79 Å². The van der Waals surface area contributed by atoms with Gasteiger partial charge in [0.25, 0.3) is 0 Å². The SMILES string of the molecule is O=C(NC1CCCN(c2ncccn2)C1)NC(c1cccs1)C1CCCC1. The zero-order valence-corrected chi connectivity index (χ0v) is 16.3. The molecule has 1 aliphatic carbocycles. The molecule has 7 heteroatoms. The average molecular weight is 386 g/mol. The number of anilines is 1. The van der Waals surface area contributed by atoms with Crippen LogP contribution >= 0.6 is 11.3 Å². The third kappa shape index (κ3) is 4.58. The Morgan fingerprint density at radius 3 is 2.70 bits per heavy atom. The molecule has 1 saturated heterocycles. The predicted molar refractivity (Wildman–Crippen MR) is 108 cm³/mol. The first-order chi connectivity index (χ1) is 13.3. The quantitative estimate of drug-likeness (QED) is 0.823. The molecule has 2 unspecified atom stereocenters. The molecule has 6 nitrogen and oxygen atoms in total. The molecule has 0 spiro atoms. The monoisotopic (exact) mass is 385 g/mol. The Morgan fingerprint density at radius 2 is 1.96 bits per heavy atom. The lowest BCUT2D eigenvalue weighted by molar-refractivity contribution is 0.225. The van der Waals surface area contributed by atoms with Gasteiger partial charge in [0.05, 0.1) is 6.04 Å². The van der Waals surface area contributed by atoms with Gasteiger partial charge in [-0.3, -0.25) is 0 Å². The highest BCUT2D eigenvalue weighted by Gasteiger charge is 2.29. The fourth-order valence-corrected chi connectivity index (χ4v) is 5.15. The van der Waals surface area contributed by atoms with Crippen molar-refractivity contribution in [3.8, 4) is 0 Å². The zero-order chi connectivity index (χ0) is 18.5. The first-order valence-corrected chi connectivity index (χ1v) is 10.8. The van der Waals surface area contributed by atoms with Crippen molar-refractivity contribution in [2.45, 2.75) is 50.6 Å². The smallest absolute Gasteiger partial charge is 0.315 e. The van der Waals surface area contributed by atoms with Crippen molar-refractivity contribution < 1.29 is 4.79 Å².